The Morgan fingerprint density at radius 1 is 1.00 bits per heavy atom. The molecule has 0 aliphatic carbocycles. The van der Waals surface area contributed by atoms with Gasteiger partial charge in [-0.05, 0) is 0 Å². The van der Waals surface area contributed by atoms with Crippen LogP contribution in [0.25, 0.3) is 0 Å². The van der Waals surface area contributed by atoms with Crippen LogP contribution >= 0.6 is 9.90 Å². The third-order valence-corrected chi connectivity index (χ3v) is 0. The molecule has 0 rings (SSSR count). The molecular formula is H3BrLaOP. The van der Waals surface area contributed by atoms with E-state index in [4.69, 9.17) is 0 Å². The van der Waals surface area contributed by atoms with Gasteiger partial charge in [-0.1, -0.05) is 0 Å². The summed E-state index contributed by atoms with van der Waals surface area (Å²) in [7, 11) is 0. The SMILES string of the molecule is P.[Br-].[La+3].[O-2]. The molecule has 0 aliphatic heterocycles. The van der Waals surface area contributed by atoms with Crippen molar-refractivity contribution in [2.45, 2.75) is 0 Å². The summed E-state index contributed by atoms with van der Waals surface area (Å²) >= 11 is 0. The van der Waals surface area contributed by atoms with Crippen LogP contribution in [0.2, 0.25) is 0 Å². The van der Waals surface area contributed by atoms with Crippen molar-refractivity contribution in [1.82, 2.24) is 0 Å². The second-order valence-corrected chi connectivity index (χ2v) is 0. The van der Waals surface area contributed by atoms with Crippen molar-refractivity contribution in [3.05, 3.63) is 0 Å². The van der Waals surface area contributed by atoms with Gasteiger partial charge in [0.05, 0.1) is 0 Å². The van der Waals surface area contributed by atoms with E-state index in [-0.39, 0.29) is 68.0 Å². The quantitative estimate of drug-likeness (QED) is 0.418. The van der Waals surface area contributed by atoms with Gasteiger partial charge in [0.25, 0.3) is 0 Å². The standard InChI is InChI=1S/BrH.La.O.H3P/h1H;;;1H3/q;+3;-2;/p-1. The van der Waals surface area contributed by atoms with Crippen molar-refractivity contribution in [3.8, 4) is 0 Å². The minimum atomic E-state index is 0. The average molecular weight is 269 g/mol. The summed E-state index contributed by atoms with van der Waals surface area (Å²) in [5.74, 6) is 0. The first-order chi connectivity index (χ1) is 0. The van der Waals surface area contributed by atoms with Gasteiger partial charge >= 0.3 is 35.6 Å². The van der Waals surface area contributed by atoms with Crippen LogP contribution in [0.3, 0.4) is 0 Å². The van der Waals surface area contributed by atoms with Crippen LogP contribution in [-0.2, 0) is 5.48 Å². The molecule has 0 aromatic heterocycles. The molecular weight excluding hydrogens is 266 g/mol. The van der Waals surface area contributed by atoms with Crippen LogP contribution in [0, 0.1) is 35.6 Å². The fraction of sp³-hybridized carbons (Fsp3) is 0. The first-order valence-electron chi connectivity index (χ1n) is 0. The number of halogens is 1. The third-order valence-electron chi connectivity index (χ3n) is 0. The van der Waals surface area contributed by atoms with Crippen LogP contribution in [0.15, 0.2) is 0 Å². The minimum absolute atomic E-state index is 0. The van der Waals surface area contributed by atoms with E-state index < -0.39 is 0 Å². The van der Waals surface area contributed by atoms with Gasteiger partial charge in [0, 0.05) is 0 Å². The molecule has 0 bridgehead atoms. The molecule has 24 valence electrons. The van der Waals surface area contributed by atoms with Crippen LogP contribution < -0.4 is 17.0 Å². The Morgan fingerprint density at radius 2 is 1.00 bits per heavy atom. The van der Waals surface area contributed by atoms with Crippen LogP contribution in [0.4, 0.5) is 0 Å². The van der Waals surface area contributed by atoms with Crippen molar-refractivity contribution in [1.29, 1.82) is 0 Å². The predicted octanol–water partition coefficient (Wildman–Crippen LogP) is -3.06. The van der Waals surface area contributed by atoms with Gasteiger partial charge in [0.2, 0.25) is 0 Å². The first-order valence-corrected chi connectivity index (χ1v) is 0. The zero-order chi connectivity index (χ0) is 0. The van der Waals surface area contributed by atoms with Crippen molar-refractivity contribution in [3.63, 3.8) is 0 Å². The maximum absolute atomic E-state index is 0. The van der Waals surface area contributed by atoms with Crippen molar-refractivity contribution in [2.75, 3.05) is 0 Å². The second-order valence-electron chi connectivity index (χ2n) is 0. The normalized spacial score (nSPS) is 0. The number of hydrogen-bond donors (Lipinski definition) is 0. The monoisotopic (exact) mass is 268 g/mol. The molecule has 0 saturated heterocycles. The van der Waals surface area contributed by atoms with Gasteiger partial charge in [-0.3, -0.25) is 0 Å². The summed E-state index contributed by atoms with van der Waals surface area (Å²) in [6.45, 7) is 0. The van der Waals surface area contributed by atoms with Crippen LogP contribution in [0.5, 0.6) is 0 Å². The maximum Gasteiger partial charge on any atom is 3.00 e. The zero-order valence-electron chi connectivity index (χ0n) is 2.07. The van der Waals surface area contributed by atoms with E-state index in [1.807, 2.05) is 0 Å². The Bertz CT molecular complexity index is 8.00. The van der Waals surface area contributed by atoms with Crippen molar-refractivity contribution >= 4 is 9.90 Å². The molecule has 0 aliphatic rings. The Hall–Kier alpha value is 2.06. The minimum Gasteiger partial charge on any atom is -2.00 e. The molecule has 0 saturated carbocycles. The van der Waals surface area contributed by atoms with E-state index in [0.717, 1.165) is 0 Å². The molecule has 0 amide bonds. The Balaban J connectivity index is 0. The Labute approximate surface area is 67.2 Å². The van der Waals surface area contributed by atoms with Gasteiger partial charge in [-0.15, -0.1) is 0 Å². The van der Waals surface area contributed by atoms with E-state index >= 15 is 0 Å². The molecule has 4 heteroatoms. The molecule has 1 unspecified atom stereocenters. The summed E-state index contributed by atoms with van der Waals surface area (Å²) in [4.78, 5) is 0. The molecule has 0 fully saturated rings. The van der Waals surface area contributed by atoms with Gasteiger partial charge in [-0.25, -0.2) is 0 Å². The summed E-state index contributed by atoms with van der Waals surface area (Å²) in [5, 5.41) is 0. The molecule has 1 nitrogen and oxygen atoms in total. The Morgan fingerprint density at radius 3 is 1.00 bits per heavy atom. The van der Waals surface area contributed by atoms with Gasteiger partial charge in [-0.2, -0.15) is 9.90 Å². The molecule has 0 aromatic carbocycles. The van der Waals surface area contributed by atoms with Gasteiger partial charge < -0.3 is 22.5 Å². The maximum atomic E-state index is 0. The molecule has 0 aromatic rings. The topological polar surface area (TPSA) is 28.5 Å². The fourth-order valence-electron chi connectivity index (χ4n) is 0. The smallest absolute Gasteiger partial charge is 2.00 e. The van der Waals surface area contributed by atoms with E-state index in [9.17, 15) is 0 Å². The number of hydrogen-bond acceptors (Lipinski definition) is 0. The van der Waals surface area contributed by atoms with E-state index in [2.05, 4.69) is 0 Å². The molecule has 0 heterocycles. The molecule has 0 spiro atoms. The van der Waals surface area contributed by atoms with E-state index in [1.54, 1.807) is 0 Å². The summed E-state index contributed by atoms with van der Waals surface area (Å²) < 4.78 is 0. The number of rotatable bonds is 0. The summed E-state index contributed by atoms with van der Waals surface area (Å²) in [5.41, 5.74) is 0. The predicted molar refractivity (Wildman–Crippen MR) is 11.8 cm³/mol. The van der Waals surface area contributed by atoms with Crippen LogP contribution in [-0.4, -0.2) is 0 Å². The molecule has 0 radical (unpaired) electrons. The van der Waals surface area contributed by atoms with Crippen molar-refractivity contribution < 1.29 is 58.1 Å². The summed E-state index contributed by atoms with van der Waals surface area (Å²) in [6.07, 6.45) is 0. The second kappa shape index (κ2) is 19.6. The molecule has 4 heavy (non-hydrogen) atoms. The average Bonchev–Trinajstić information content (AvgIpc) is 0. The largest absolute Gasteiger partial charge is 3.00 e. The van der Waals surface area contributed by atoms with Gasteiger partial charge in [0.15, 0.2) is 0 Å². The fourth-order valence-corrected chi connectivity index (χ4v) is 0. The molecule has 0 N–H and O–H groups in total. The third kappa shape index (κ3) is 8.96. The Kier molecular flexibility index (Phi) is 179. The van der Waals surface area contributed by atoms with Crippen molar-refractivity contribution in [2.24, 2.45) is 0 Å². The summed E-state index contributed by atoms with van der Waals surface area (Å²) in [6, 6.07) is 0. The van der Waals surface area contributed by atoms with E-state index in [1.165, 1.54) is 0 Å². The van der Waals surface area contributed by atoms with E-state index in [0.29, 0.717) is 0 Å². The zero-order valence-corrected chi connectivity index (χ0v) is 8.70. The van der Waals surface area contributed by atoms with Crippen LogP contribution in [0.1, 0.15) is 0 Å². The molecule has 1 atom stereocenters. The van der Waals surface area contributed by atoms with Gasteiger partial charge in [0.1, 0.15) is 0 Å². The first kappa shape index (κ1) is 36.5.